The molecule has 2 aromatic rings. The molecule has 0 saturated heterocycles. The fourth-order valence-corrected chi connectivity index (χ4v) is 1.40. The van der Waals surface area contributed by atoms with Crippen molar-refractivity contribution in [2.75, 3.05) is 7.11 Å². The molecule has 0 amide bonds. The van der Waals surface area contributed by atoms with E-state index in [2.05, 4.69) is 14.7 Å². The van der Waals surface area contributed by atoms with Crippen LogP contribution in [-0.4, -0.2) is 28.2 Å². The minimum absolute atomic E-state index is 0.0339. The molecular weight excluding hydrogens is 236 g/mol. The van der Waals surface area contributed by atoms with Crippen LogP contribution in [0.5, 0.6) is 0 Å². The molecule has 18 heavy (non-hydrogen) atoms. The number of methoxy groups -OCH3 is 1. The first-order chi connectivity index (χ1) is 8.61. The van der Waals surface area contributed by atoms with Crippen LogP contribution in [0.25, 0.3) is 0 Å². The highest BCUT2D eigenvalue weighted by Crippen LogP contribution is 2.22. The van der Waals surface area contributed by atoms with Crippen LogP contribution < -0.4 is 0 Å². The quantitative estimate of drug-likeness (QED) is 0.822. The predicted octanol–water partition coefficient (Wildman–Crippen LogP) is 1.25. The van der Waals surface area contributed by atoms with Gasteiger partial charge in [0.1, 0.15) is 5.76 Å². The van der Waals surface area contributed by atoms with Crippen molar-refractivity contribution >= 4 is 5.97 Å². The van der Waals surface area contributed by atoms with E-state index < -0.39 is 12.1 Å². The van der Waals surface area contributed by atoms with Crippen molar-refractivity contribution in [1.29, 1.82) is 0 Å². The fraction of sp³-hybridized carbons (Fsp3) is 0.250. The number of ether oxygens (including phenoxy) is 1. The SMILES string of the molecule is COC(=O)c1ccc(C(O)c2cnc(C)cn2)o1. The first-order valence-corrected chi connectivity index (χ1v) is 5.26. The van der Waals surface area contributed by atoms with E-state index in [0.29, 0.717) is 5.69 Å². The maximum absolute atomic E-state index is 11.2. The highest BCUT2D eigenvalue weighted by molar-refractivity contribution is 5.86. The molecule has 0 spiro atoms. The second kappa shape index (κ2) is 4.97. The normalized spacial score (nSPS) is 12.2. The second-order valence-electron chi connectivity index (χ2n) is 3.68. The number of esters is 1. The maximum atomic E-state index is 11.2. The molecule has 2 aromatic heterocycles. The number of rotatable bonds is 3. The molecule has 0 saturated carbocycles. The average molecular weight is 248 g/mol. The van der Waals surface area contributed by atoms with Crippen LogP contribution >= 0.6 is 0 Å². The first kappa shape index (κ1) is 12.3. The Balaban J connectivity index is 2.23. The van der Waals surface area contributed by atoms with Crippen molar-refractivity contribution in [3.8, 4) is 0 Å². The van der Waals surface area contributed by atoms with Gasteiger partial charge in [0, 0.05) is 6.20 Å². The largest absolute Gasteiger partial charge is 0.463 e. The van der Waals surface area contributed by atoms with Crippen molar-refractivity contribution in [3.63, 3.8) is 0 Å². The summed E-state index contributed by atoms with van der Waals surface area (Å²) in [5.74, 6) is -0.344. The zero-order chi connectivity index (χ0) is 13.1. The third kappa shape index (κ3) is 2.38. The molecule has 0 bridgehead atoms. The van der Waals surface area contributed by atoms with Gasteiger partial charge in [0.15, 0.2) is 6.10 Å². The third-order valence-electron chi connectivity index (χ3n) is 2.36. The summed E-state index contributed by atoms with van der Waals surface area (Å²) in [5.41, 5.74) is 1.10. The van der Waals surface area contributed by atoms with Gasteiger partial charge in [0.2, 0.25) is 5.76 Å². The van der Waals surface area contributed by atoms with Gasteiger partial charge in [-0.3, -0.25) is 9.97 Å². The lowest BCUT2D eigenvalue weighted by Gasteiger charge is -2.06. The summed E-state index contributed by atoms with van der Waals surface area (Å²) >= 11 is 0. The molecule has 0 aliphatic heterocycles. The molecule has 0 aromatic carbocycles. The van der Waals surface area contributed by atoms with Gasteiger partial charge in [0.05, 0.1) is 24.7 Å². The number of aliphatic hydroxyl groups excluding tert-OH is 1. The fourth-order valence-electron chi connectivity index (χ4n) is 1.40. The average Bonchev–Trinajstić information content (AvgIpc) is 2.87. The highest BCUT2D eigenvalue weighted by atomic mass is 16.5. The second-order valence-corrected chi connectivity index (χ2v) is 3.68. The number of furan rings is 1. The lowest BCUT2D eigenvalue weighted by Crippen LogP contribution is -2.03. The molecule has 2 heterocycles. The number of hydrogen-bond donors (Lipinski definition) is 1. The van der Waals surface area contributed by atoms with Crippen LogP contribution in [0.1, 0.15) is 33.8 Å². The van der Waals surface area contributed by atoms with Crippen LogP contribution in [0, 0.1) is 6.92 Å². The highest BCUT2D eigenvalue weighted by Gasteiger charge is 2.19. The molecule has 0 fully saturated rings. The molecule has 94 valence electrons. The zero-order valence-corrected chi connectivity index (χ0v) is 9.95. The number of aliphatic hydroxyl groups is 1. The summed E-state index contributed by atoms with van der Waals surface area (Å²) < 4.78 is 9.70. The molecule has 1 atom stereocenters. The lowest BCUT2D eigenvalue weighted by atomic mass is 10.2. The van der Waals surface area contributed by atoms with E-state index in [-0.39, 0.29) is 11.5 Å². The summed E-state index contributed by atoms with van der Waals surface area (Å²) in [6, 6.07) is 2.93. The van der Waals surface area contributed by atoms with Gasteiger partial charge in [-0.2, -0.15) is 0 Å². The van der Waals surface area contributed by atoms with E-state index in [1.54, 1.807) is 13.1 Å². The number of carbonyl (C=O) groups excluding carboxylic acids is 1. The predicted molar refractivity (Wildman–Crippen MR) is 60.9 cm³/mol. The summed E-state index contributed by atoms with van der Waals surface area (Å²) in [6.07, 6.45) is 1.94. The van der Waals surface area contributed by atoms with E-state index in [1.807, 2.05) is 0 Å². The Morgan fingerprint density at radius 2 is 2.17 bits per heavy atom. The van der Waals surface area contributed by atoms with Gasteiger partial charge in [0.25, 0.3) is 0 Å². The first-order valence-electron chi connectivity index (χ1n) is 5.26. The number of aryl methyl sites for hydroxylation is 1. The molecule has 0 radical (unpaired) electrons. The standard InChI is InChI=1S/C12H12N2O4/c1-7-5-14-8(6-13-7)11(15)9-3-4-10(18-9)12(16)17-2/h3-6,11,15H,1-2H3. The molecule has 2 rings (SSSR count). The number of nitrogens with zero attached hydrogens (tertiary/aromatic N) is 2. The Kier molecular flexibility index (Phi) is 3.38. The summed E-state index contributed by atoms with van der Waals surface area (Å²) in [7, 11) is 1.26. The Bertz CT molecular complexity index is 547. The van der Waals surface area contributed by atoms with Gasteiger partial charge < -0.3 is 14.3 Å². The van der Waals surface area contributed by atoms with Crippen LogP contribution in [0.2, 0.25) is 0 Å². The summed E-state index contributed by atoms with van der Waals surface area (Å²) in [6.45, 7) is 1.80. The molecule has 0 aliphatic carbocycles. The van der Waals surface area contributed by atoms with Gasteiger partial charge in [-0.1, -0.05) is 0 Å². The zero-order valence-electron chi connectivity index (χ0n) is 9.95. The topological polar surface area (TPSA) is 85.5 Å². The van der Waals surface area contributed by atoms with Crippen molar-refractivity contribution in [1.82, 2.24) is 9.97 Å². The van der Waals surface area contributed by atoms with Gasteiger partial charge >= 0.3 is 5.97 Å². The van der Waals surface area contributed by atoms with Gasteiger partial charge in [-0.15, -0.1) is 0 Å². The van der Waals surface area contributed by atoms with E-state index in [1.165, 1.54) is 25.4 Å². The Morgan fingerprint density at radius 1 is 1.39 bits per heavy atom. The van der Waals surface area contributed by atoms with Crippen molar-refractivity contribution in [3.05, 3.63) is 47.4 Å². The molecule has 1 unspecified atom stereocenters. The van der Waals surface area contributed by atoms with E-state index in [4.69, 9.17) is 4.42 Å². The Morgan fingerprint density at radius 3 is 2.78 bits per heavy atom. The van der Waals surface area contributed by atoms with Gasteiger partial charge in [-0.05, 0) is 19.1 Å². The number of hydrogen-bond acceptors (Lipinski definition) is 6. The number of aromatic nitrogens is 2. The molecule has 6 nitrogen and oxygen atoms in total. The van der Waals surface area contributed by atoms with Crippen LogP contribution in [0.3, 0.4) is 0 Å². The summed E-state index contributed by atoms with van der Waals surface area (Å²) in [5, 5.41) is 10.0. The smallest absolute Gasteiger partial charge is 0.373 e. The minimum atomic E-state index is -1.06. The summed E-state index contributed by atoms with van der Waals surface area (Å²) in [4.78, 5) is 19.3. The number of carbonyl (C=O) groups is 1. The van der Waals surface area contributed by atoms with E-state index in [0.717, 1.165) is 5.69 Å². The van der Waals surface area contributed by atoms with Crippen molar-refractivity contribution in [2.24, 2.45) is 0 Å². The van der Waals surface area contributed by atoms with Crippen molar-refractivity contribution < 1.29 is 19.1 Å². The lowest BCUT2D eigenvalue weighted by molar-refractivity contribution is 0.0557. The maximum Gasteiger partial charge on any atom is 0.373 e. The third-order valence-corrected chi connectivity index (χ3v) is 2.36. The van der Waals surface area contributed by atoms with E-state index >= 15 is 0 Å². The van der Waals surface area contributed by atoms with Crippen molar-refractivity contribution in [2.45, 2.75) is 13.0 Å². The van der Waals surface area contributed by atoms with Crippen LogP contribution in [0.4, 0.5) is 0 Å². The van der Waals surface area contributed by atoms with Gasteiger partial charge in [-0.25, -0.2) is 4.79 Å². The molecule has 1 N–H and O–H groups in total. The van der Waals surface area contributed by atoms with E-state index in [9.17, 15) is 9.90 Å². The molecule has 6 heteroatoms. The Labute approximate surface area is 103 Å². The Hall–Kier alpha value is -2.21. The monoisotopic (exact) mass is 248 g/mol. The molecule has 0 aliphatic rings. The van der Waals surface area contributed by atoms with Crippen LogP contribution in [-0.2, 0) is 4.74 Å². The van der Waals surface area contributed by atoms with Crippen LogP contribution in [0.15, 0.2) is 28.9 Å². The minimum Gasteiger partial charge on any atom is -0.463 e. The molecular formula is C12H12N2O4.